The minimum absolute atomic E-state index is 0.105. The van der Waals surface area contributed by atoms with Gasteiger partial charge in [0.25, 0.3) is 0 Å². The second-order valence-corrected chi connectivity index (χ2v) is 6.60. The highest BCUT2D eigenvalue weighted by Gasteiger charge is 2.16. The van der Waals surface area contributed by atoms with E-state index in [0.717, 1.165) is 18.8 Å². The second kappa shape index (κ2) is 10.3. The lowest BCUT2D eigenvalue weighted by Crippen LogP contribution is -2.36. The fraction of sp³-hybridized carbons (Fsp3) is 0.318. The molecule has 0 saturated carbocycles. The highest BCUT2D eigenvalue weighted by atomic mass is 16.2. The number of carbonyl (C=O) groups excluding carboxylic acids is 3. The van der Waals surface area contributed by atoms with Crippen molar-refractivity contribution in [2.75, 3.05) is 40.1 Å². The Morgan fingerprint density at radius 3 is 1.69 bits per heavy atom. The van der Waals surface area contributed by atoms with Gasteiger partial charge >= 0.3 is 0 Å². The number of amides is 3. The van der Waals surface area contributed by atoms with Crippen molar-refractivity contribution in [2.24, 2.45) is 0 Å². The van der Waals surface area contributed by atoms with E-state index < -0.39 is 0 Å². The molecule has 0 heterocycles. The van der Waals surface area contributed by atoms with Gasteiger partial charge in [-0.3, -0.25) is 14.4 Å². The summed E-state index contributed by atoms with van der Waals surface area (Å²) in [5.74, 6) is -0.710. The standard InChI is InChI=1S/C22H28N4O3/c1-5-25(6-2)20-11-7-19(8-12-20)24-22(29)15-26(17(4)28)21-13-9-18(10-14-21)23-16(3)27/h7-14H,5-6,15H2,1-4H3,(H,23,27)(H,24,29). The van der Waals surface area contributed by atoms with E-state index in [-0.39, 0.29) is 24.3 Å². The average Bonchev–Trinajstić information content (AvgIpc) is 2.68. The molecule has 0 unspecified atom stereocenters. The summed E-state index contributed by atoms with van der Waals surface area (Å²) in [6, 6.07) is 14.4. The summed E-state index contributed by atoms with van der Waals surface area (Å²) in [5, 5.41) is 5.50. The van der Waals surface area contributed by atoms with E-state index in [1.807, 2.05) is 24.3 Å². The number of nitrogens with zero attached hydrogens (tertiary/aromatic N) is 2. The fourth-order valence-corrected chi connectivity index (χ4v) is 3.00. The number of hydrogen-bond acceptors (Lipinski definition) is 4. The van der Waals surface area contributed by atoms with Crippen molar-refractivity contribution < 1.29 is 14.4 Å². The molecular weight excluding hydrogens is 368 g/mol. The first-order chi connectivity index (χ1) is 13.8. The molecule has 154 valence electrons. The van der Waals surface area contributed by atoms with Crippen LogP contribution in [0.15, 0.2) is 48.5 Å². The van der Waals surface area contributed by atoms with Gasteiger partial charge in [0.05, 0.1) is 0 Å². The predicted octanol–water partition coefficient (Wildman–Crippen LogP) is 3.48. The first kappa shape index (κ1) is 21.9. The Kier molecular flexibility index (Phi) is 7.77. The van der Waals surface area contributed by atoms with E-state index in [4.69, 9.17) is 0 Å². The molecule has 2 aromatic carbocycles. The normalized spacial score (nSPS) is 10.2. The monoisotopic (exact) mass is 396 g/mol. The lowest BCUT2D eigenvalue weighted by molar-refractivity contribution is -0.120. The number of carbonyl (C=O) groups is 3. The molecule has 7 heteroatoms. The molecule has 2 aromatic rings. The SMILES string of the molecule is CCN(CC)c1ccc(NC(=O)CN(C(C)=O)c2ccc(NC(C)=O)cc2)cc1. The summed E-state index contributed by atoms with van der Waals surface area (Å²) in [6.45, 7) is 8.75. The van der Waals surface area contributed by atoms with Crippen LogP contribution in [0.2, 0.25) is 0 Å². The Hall–Kier alpha value is -3.35. The van der Waals surface area contributed by atoms with Crippen molar-refractivity contribution in [2.45, 2.75) is 27.7 Å². The minimum Gasteiger partial charge on any atom is -0.372 e. The topological polar surface area (TPSA) is 81.8 Å². The van der Waals surface area contributed by atoms with E-state index in [9.17, 15) is 14.4 Å². The summed E-state index contributed by atoms with van der Waals surface area (Å²) in [6.07, 6.45) is 0. The molecule has 3 amide bonds. The predicted molar refractivity (Wildman–Crippen MR) is 117 cm³/mol. The molecule has 0 aliphatic rings. The van der Waals surface area contributed by atoms with Crippen molar-refractivity contribution in [3.63, 3.8) is 0 Å². The molecule has 0 aliphatic heterocycles. The molecular formula is C22H28N4O3. The first-order valence-corrected chi connectivity index (χ1v) is 9.64. The molecule has 0 fully saturated rings. The molecule has 0 saturated heterocycles. The third-order valence-corrected chi connectivity index (χ3v) is 4.46. The Morgan fingerprint density at radius 1 is 0.759 bits per heavy atom. The van der Waals surface area contributed by atoms with Crippen LogP contribution in [-0.4, -0.2) is 37.4 Å². The van der Waals surface area contributed by atoms with Crippen molar-refractivity contribution in [3.05, 3.63) is 48.5 Å². The maximum Gasteiger partial charge on any atom is 0.244 e. The summed E-state index contributed by atoms with van der Waals surface area (Å²) in [5.41, 5.74) is 2.98. The van der Waals surface area contributed by atoms with Gasteiger partial charge in [0.1, 0.15) is 6.54 Å². The Labute approximate surface area is 171 Å². The van der Waals surface area contributed by atoms with Crippen LogP contribution in [0.3, 0.4) is 0 Å². The third kappa shape index (κ3) is 6.34. The van der Waals surface area contributed by atoms with Gasteiger partial charge in [0.2, 0.25) is 17.7 Å². The lowest BCUT2D eigenvalue weighted by atomic mass is 10.2. The second-order valence-electron chi connectivity index (χ2n) is 6.60. The summed E-state index contributed by atoms with van der Waals surface area (Å²) in [7, 11) is 0. The van der Waals surface area contributed by atoms with Gasteiger partial charge in [-0.2, -0.15) is 0 Å². The minimum atomic E-state index is -0.290. The molecule has 0 aromatic heterocycles. The summed E-state index contributed by atoms with van der Waals surface area (Å²) < 4.78 is 0. The molecule has 0 spiro atoms. The van der Waals surface area contributed by atoms with Crippen LogP contribution in [0.25, 0.3) is 0 Å². The van der Waals surface area contributed by atoms with Crippen molar-refractivity contribution in [1.29, 1.82) is 0 Å². The van der Waals surface area contributed by atoms with E-state index in [1.54, 1.807) is 24.3 Å². The lowest BCUT2D eigenvalue weighted by Gasteiger charge is -2.22. The van der Waals surface area contributed by atoms with Gasteiger partial charge < -0.3 is 20.4 Å². The fourth-order valence-electron chi connectivity index (χ4n) is 3.00. The number of anilines is 4. The zero-order chi connectivity index (χ0) is 21.4. The highest BCUT2D eigenvalue weighted by Crippen LogP contribution is 2.20. The Bertz CT molecular complexity index is 843. The Morgan fingerprint density at radius 2 is 1.24 bits per heavy atom. The van der Waals surface area contributed by atoms with E-state index >= 15 is 0 Å². The van der Waals surface area contributed by atoms with Crippen LogP contribution in [0.4, 0.5) is 22.7 Å². The number of hydrogen-bond donors (Lipinski definition) is 2. The molecule has 29 heavy (non-hydrogen) atoms. The van der Waals surface area contributed by atoms with E-state index in [1.165, 1.54) is 18.7 Å². The molecule has 2 N–H and O–H groups in total. The summed E-state index contributed by atoms with van der Waals surface area (Å²) in [4.78, 5) is 39.2. The molecule has 0 aliphatic carbocycles. The van der Waals surface area contributed by atoms with Gasteiger partial charge in [-0.1, -0.05) is 0 Å². The number of nitrogens with one attached hydrogen (secondary N) is 2. The van der Waals surface area contributed by atoms with Crippen LogP contribution >= 0.6 is 0 Å². The maximum atomic E-state index is 12.5. The van der Waals surface area contributed by atoms with Gasteiger partial charge in [-0.15, -0.1) is 0 Å². The largest absolute Gasteiger partial charge is 0.372 e. The van der Waals surface area contributed by atoms with Gasteiger partial charge in [-0.05, 0) is 62.4 Å². The van der Waals surface area contributed by atoms with E-state index in [0.29, 0.717) is 17.1 Å². The number of rotatable bonds is 8. The van der Waals surface area contributed by atoms with Crippen LogP contribution in [-0.2, 0) is 14.4 Å². The van der Waals surface area contributed by atoms with Gasteiger partial charge in [0, 0.05) is 49.7 Å². The highest BCUT2D eigenvalue weighted by molar-refractivity contribution is 6.02. The maximum absolute atomic E-state index is 12.5. The zero-order valence-electron chi connectivity index (χ0n) is 17.4. The van der Waals surface area contributed by atoms with Crippen LogP contribution in [0, 0.1) is 0 Å². The molecule has 7 nitrogen and oxygen atoms in total. The van der Waals surface area contributed by atoms with Crippen LogP contribution in [0.5, 0.6) is 0 Å². The molecule has 0 bridgehead atoms. The quantitative estimate of drug-likeness (QED) is 0.716. The Balaban J connectivity index is 2.04. The average molecular weight is 396 g/mol. The van der Waals surface area contributed by atoms with Crippen LogP contribution < -0.4 is 20.4 Å². The van der Waals surface area contributed by atoms with Gasteiger partial charge in [-0.25, -0.2) is 0 Å². The number of benzene rings is 2. The first-order valence-electron chi connectivity index (χ1n) is 9.64. The van der Waals surface area contributed by atoms with Crippen molar-refractivity contribution in [1.82, 2.24) is 0 Å². The molecule has 0 atom stereocenters. The third-order valence-electron chi connectivity index (χ3n) is 4.46. The zero-order valence-corrected chi connectivity index (χ0v) is 17.4. The molecule has 2 rings (SSSR count). The van der Waals surface area contributed by atoms with Crippen molar-refractivity contribution >= 4 is 40.5 Å². The molecule has 0 radical (unpaired) electrons. The van der Waals surface area contributed by atoms with Crippen molar-refractivity contribution in [3.8, 4) is 0 Å². The van der Waals surface area contributed by atoms with Gasteiger partial charge in [0.15, 0.2) is 0 Å². The van der Waals surface area contributed by atoms with E-state index in [2.05, 4.69) is 29.4 Å². The smallest absolute Gasteiger partial charge is 0.244 e. The van der Waals surface area contributed by atoms with Crippen LogP contribution in [0.1, 0.15) is 27.7 Å². The summed E-state index contributed by atoms with van der Waals surface area (Å²) >= 11 is 0.